The van der Waals surface area contributed by atoms with Crippen LogP contribution in [0.25, 0.3) is 0 Å². The number of urea groups is 1. The standard InChI is InChI=1S/C36H59N7O7S2/c1-14-16-23(27(44)30(46)37-17-15-2)39-29(45)26-25-22(36(25,11)12)18-43(26)31(47)28(35(8,9)10)41-33(48)40-24(34(5,6)7)19-42(13)52(49,50)32-20(3)38-21(4)51-32/h15,22-26,28H,2,14,16-19H2,1,3-13H3,(H,37,46)(H,39,45)(H2,40,41,48)/t22-,23?,24+,25-,26-,28+/m0/s1. The Hall–Kier alpha value is -3.37. The number of hydrogen-bond donors (Lipinski definition) is 4. The average Bonchev–Trinajstić information content (AvgIpc) is 3.32. The number of hydrogen-bond acceptors (Lipinski definition) is 9. The normalized spacial score (nSPS) is 21.4. The molecule has 292 valence electrons. The molecule has 1 aliphatic heterocycles. The maximum absolute atomic E-state index is 14.4. The van der Waals surface area contributed by atoms with E-state index in [0.717, 1.165) is 11.3 Å². The Bertz CT molecular complexity index is 1660. The van der Waals surface area contributed by atoms with Crippen LogP contribution in [-0.2, 0) is 29.2 Å². The highest BCUT2D eigenvalue weighted by Crippen LogP contribution is 2.65. The Labute approximate surface area is 313 Å². The second-order valence-electron chi connectivity index (χ2n) is 16.8. The van der Waals surface area contributed by atoms with Crippen LogP contribution in [0.5, 0.6) is 0 Å². The van der Waals surface area contributed by atoms with Crippen LogP contribution in [0.2, 0.25) is 0 Å². The maximum Gasteiger partial charge on any atom is 0.315 e. The lowest BCUT2D eigenvalue weighted by atomic mass is 9.85. The first-order valence-electron chi connectivity index (χ1n) is 17.8. The van der Waals surface area contributed by atoms with Gasteiger partial charge in [0.1, 0.15) is 12.1 Å². The number of Topliss-reactive ketones (excluding diaryl/α,β-unsaturated/α-hetero) is 1. The number of aromatic nitrogens is 1. The highest BCUT2D eigenvalue weighted by atomic mass is 32.2. The van der Waals surface area contributed by atoms with Crippen molar-refractivity contribution < 1.29 is 32.4 Å². The molecule has 5 amide bonds. The molecular formula is C36H59N7O7S2. The fraction of sp³-hybridized carbons (Fsp3) is 0.722. The second-order valence-corrected chi connectivity index (χ2v) is 20.3. The minimum absolute atomic E-state index is 0.0339. The van der Waals surface area contributed by atoms with Crippen LogP contribution in [0.4, 0.5) is 4.79 Å². The molecule has 1 aromatic heterocycles. The number of likely N-dealkylation sites (N-methyl/N-ethyl adjacent to an activating group) is 1. The van der Waals surface area contributed by atoms with Gasteiger partial charge in [0.05, 0.1) is 16.7 Å². The molecule has 3 rings (SSSR count). The van der Waals surface area contributed by atoms with Crippen molar-refractivity contribution in [3.8, 4) is 0 Å². The van der Waals surface area contributed by atoms with Crippen LogP contribution in [-0.4, -0.2) is 103 Å². The molecule has 0 radical (unpaired) electrons. The largest absolute Gasteiger partial charge is 0.346 e. The minimum Gasteiger partial charge on any atom is -0.346 e. The Morgan fingerprint density at radius 3 is 2.17 bits per heavy atom. The predicted octanol–water partition coefficient (Wildman–Crippen LogP) is 3.15. The number of sulfonamides is 1. The highest BCUT2D eigenvalue weighted by molar-refractivity contribution is 7.91. The monoisotopic (exact) mass is 765 g/mol. The number of carbonyl (C=O) groups excluding carboxylic acids is 5. The van der Waals surface area contributed by atoms with E-state index in [1.807, 2.05) is 62.3 Å². The summed E-state index contributed by atoms with van der Waals surface area (Å²) >= 11 is 1.09. The molecular weight excluding hydrogens is 707 g/mol. The van der Waals surface area contributed by atoms with E-state index in [-0.39, 0.29) is 41.0 Å². The Balaban J connectivity index is 1.84. The first-order chi connectivity index (χ1) is 23.8. The smallest absolute Gasteiger partial charge is 0.315 e. The topological polar surface area (TPSA) is 187 Å². The number of fused-ring (bicyclic) bond motifs is 1. The molecule has 1 aromatic rings. The summed E-state index contributed by atoms with van der Waals surface area (Å²) in [6.45, 7) is 24.3. The molecule has 0 aromatic carbocycles. The van der Waals surface area contributed by atoms with Crippen molar-refractivity contribution in [2.45, 2.75) is 117 Å². The quantitative estimate of drug-likeness (QED) is 0.155. The SMILES string of the molecule is C=CCNC(=O)C(=O)C(CCC)NC(=O)[C@@H]1[C@@H]2[C@H](CN1C(=O)[C@@H](NC(=O)N[C@H](CN(C)S(=O)(=O)c1sc(C)nc1C)C(C)(C)C)C(C)(C)C)C2(C)C. The maximum atomic E-state index is 14.4. The van der Waals surface area contributed by atoms with Crippen molar-refractivity contribution in [3.05, 3.63) is 23.4 Å². The number of ketones is 1. The zero-order chi connectivity index (χ0) is 39.7. The molecule has 2 aliphatic rings. The molecule has 1 saturated heterocycles. The zero-order valence-electron chi connectivity index (χ0n) is 32.8. The molecule has 2 fully saturated rings. The average molecular weight is 766 g/mol. The molecule has 1 aliphatic carbocycles. The summed E-state index contributed by atoms with van der Waals surface area (Å²) in [4.78, 5) is 73.4. The lowest BCUT2D eigenvalue weighted by Crippen LogP contribution is -2.62. The van der Waals surface area contributed by atoms with Crippen molar-refractivity contribution >= 4 is 50.9 Å². The van der Waals surface area contributed by atoms with Gasteiger partial charge in [-0.3, -0.25) is 19.2 Å². The Morgan fingerprint density at radius 2 is 1.67 bits per heavy atom. The summed E-state index contributed by atoms with van der Waals surface area (Å²) in [6, 6.07) is -4.36. The van der Waals surface area contributed by atoms with E-state index in [1.54, 1.807) is 13.8 Å². The first-order valence-corrected chi connectivity index (χ1v) is 20.1. The van der Waals surface area contributed by atoms with Crippen molar-refractivity contribution in [1.82, 2.24) is 35.5 Å². The van der Waals surface area contributed by atoms with Gasteiger partial charge in [0.15, 0.2) is 4.21 Å². The van der Waals surface area contributed by atoms with E-state index in [2.05, 4.69) is 32.8 Å². The lowest BCUT2D eigenvalue weighted by molar-refractivity contribution is -0.145. The van der Waals surface area contributed by atoms with E-state index in [1.165, 1.54) is 22.3 Å². The number of thiazole rings is 1. The van der Waals surface area contributed by atoms with Gasteiger partial charge in [-0.25, -0.2) is 18.2 Å². The number of rotatable bonds is 15. The van der Waals surface area contributed by atoms with Crippen LogP contribution < -0.4 is 21.3 Å². The molecule has 2 heterocycles. The molecule has 4 N–H and O–H groups in total. The number of nitrogens with one attached hydrogen (secondary N) is 4. The number of nitrogens with zero attached hydrogens (tertiary/aromatic N) is 3. The third-order valence-corrected chi connectivity index (χ3v) is 13.8. The summed E-state index contributed by atoms with van der Waals surface area (Å²) in [5, 5.41) is 11.7. The van der Waals surface area contributed by atoms with E-state index >= 15 is 0 Å². The fourth-order valence-corrected chi connectivity index (χ4v) is 9.82. The number of piperidine rings is 1. The van der Waals surface area contributed by atoms with Crippen LogP contribution in [0.3, 0.4) is 0 Å². The van der Waals surface area contributed by atoms with Gasteiger partial charge in [0.25, 0.3) is 15.9 Å². The van der Waals surface area contributed by atoms with Gasteiger partial charge in [-0.2, -0.15) is 4.31 Å². The molecule has 0 spiro atoms. The van der Waals surface area contributed by atoms with Crippen molar-refractivity contribution in [2.24, 2.45) is 28.1 Å². The van der Waals surface area contributed by atoms with Crippen LogP contribution in [0, 0.1) is 41.9 Å². The number of amides is 5. The van der Waals surface area contributed by atoms with Crippen LogP contribution in [0.1, 0.15) is 85.9 Å². The van der Waals surface area contributed by atoms with Gasteiger partial charge >= 0.3 is 6.03 Å². The molecule has 0 bridgehead atoms. The summed E-state index contributed by atoms with van der Waals surface area (Å²) in [6.07, 6.45) is 2.22. The Morgan fingerprint density at radius 1 is 1.06 bits per heavy atom. The fourth-order valence-electron chi connectivity index (χ4n) is 6.97. The van der Waals surface area contributed by atoms with E-state index in [0.29, 0.717) is 23.7 Å². The van der Waals surface area contributed by atoms with Gasteiger partial charge in [-0.1, -0.05) is 74.8 Å². The lowest BCUT2D eigenvalue weighted by Gasteiger charge is -2.39. The number of likely N-dealkylation sites (tertiary alicyclic amines) is 1. The molecule has 1 unspecified atom stereocenters. The van der Waals surface area contributed by atoms with Crippen molar-refractivity contribution in [3.63, 3.8) is 0 Å². The predicted molar refractivity (Wildman–Crippen MR) is 201 cm³/mol. The van der Waals surface area contributed by atoms with E-state index in [9.17, 15) is 32.4 Å². The van der Waals surface area contributed by atoms with Gasteiger partial charge in [0.2, 0.25) is 17.6 Å². The molecule has 1 saturated carbocycles. The summed E-state index contributed by atoms with van der Waals surface area (Å²) in [7, 11) is -2.43. The zero-order valence-corrected chi connectivity index (χ0v) is 34.4. The van der Waals surface area contributed by atoms with Crippen molar-refractivity contribution in [2.75, 3.05) is 26.7 Å². The van der Waals surface area contributed by atoms with Crippen molar-refractivity contribution in [1.29, 1.82) is 0 Å². The minimum atomic E-state index is -3.89. The van der Waals surface area contributed by atoms with E-state index in [4.69, 9.17) is 0 Å². The summed E-state index contributed by atoms with van der Waals surface area (Å²) in [5.74, 6) is -2.70. The highest BCUT2D eigenvalue weighted by Gasteiger charge is 2.70. The third kappa shape index (κ3) is 9.40. The van der Waals surface area contributed by atoms with E-state index < -0.39 is 74.6 Å². The van der Waals surface area contributed by atoms with Gasteiger partial charge in [-0.15, -0.1) is 17.9 Å². The summed E-state index contributed by atoms with van der Waals surface area (Å²) < 4.78 is 28.3. The molecule has 14 nitrogen and oxygen atoms in total. The Kier molecular flexibility index (Phi) is 13.2. The summed E-state index contributed by atoms with van der Waals surface area (Å²) in [5.41, 5.74) is -1.19. The second kappa shape index (κ2) is 15.9. The number of aryl methyl sites for hydroxylation is 2. The third-order valence-electron chi connectivity index (χ3n) is 10.3. The number of carbonyl (C=O) groups is 5. The van der Waals surface area contributed by atoms with Gasteiger partial charge in [-0.05, 0) is 48.3 Å². The van der Waals surface area contributed by atoms with Crippen LogP contribution in [0.15, 0.2) is 16.9 Å². The van der Waals surface area contributed by atoms with Gasteiger partial charge in [0, 0.05) is 32.7 Å². The molecule has 52 heavy (non-hydrogen) atoms. The molecule has 16 heteroatoms. The molecule has 6 atom stereocenters. The van der Waals surface area contributed by atoms with Crippen LogP contribution >= 0.6 is 11.3 Å². The van der Waals surface area contributed by atoms with Gasteiger partial charge < -0.3 is 26.2 Å². The first kappa shape index (κ1) is 43.0.